The average Bonchev–Trinajstić information content (AvgIpc) is 3.09. The van der Waals surface area contributed by atoms with Crippen LogP contribution >= 0.6 is 0 Å². The number of rotatable bonds is 5. The minimum Gasteiger partial charge on any atom is -0.497 e. The maximum absolute atomic E-state index is 13.0. The van der Waals surface area contributed by atoms with Gasteiger partial charge in [-0.2, -0.15) is 0 Å². The fourth-order valence-electron chi connectivity index (χ4n) is 5.05. The van der Waals surface area contributed by atoms with Crippen molar-refractivity contribution >= 4 is 22.8 Å². The Hall–Kier alpha value is -2.74. The number of fused-ring (bicyclic) bond motifs is 4. The Bertz CT molecular complexity index is 993. The number of nitrogens with one attached hydrogen (secondary N) is 2. The molecule has 8 nitrogen and oxygen atoms in total. The number of aromatic nitrogens is 1. The number of H-pyrrole nitrogens is 1. The molecular formula is C23H32N4O4. The van der Waals surface area contributed by atoms with E-state index < -0.39 is 6.04 Å². The average molecular weight is 429 g/mol. The van der Waals surface area contributed by atoms with E-state index in [2.05, 4.69) is 10.3 Å². The highest BCUT2D eigenvalue weighted by Crippen LogP contribution is 2.48. The smallest absolute Gasteiger partial charge is 0.317 e. The molecule has 31 heavy (non-hydrogen) atoms. The van der Waals surface area contributed by atoms with Gasteiger partial charge in [0.2, 0.25) is 5.91 Å². The van der Waals surface area contributed by atoms with Crippen LogP contribution in [0.3, 0.4) is 0 Å². The molecule has 3 amide bonds. The van der Waals surface area contributed by atoms with Crippen LogP contribution in [0.2, 0.25) is 0 Å². The van der Waals surface area contributed by atoms with E-state index >= 15 is 0 Å². The van der Waals surface area contributed by atoms with Crippen molar-refractivity contribution in [3.05, 3.63) is 29.5 Å². The zero-order valence-corrected chi connectivity index (χ0v) is 18.7. The number of methoxy groups -OCH3 is 1. The lowest BCUT2D eigenvalue weighted by Crippen LogP contribution is -2.69. The van der Waals surface area contributed by atoms with Crippen molar-refractivity contribution in [2.24, 2.45) is 0 Å². The summed E-state index contributed by atoms with van der Waals surface area (Å²) in [5.74, 6) is 0.777. The summed E-state index contributed by atoms with van der Waals surface area (Å²) in [4.78, 5) is 32.6. The number of aliphatic hydroxyl groups is 1. The molecule has 1 fully saturated rings. The number of amides is 3. The highest BCUT2D eigenvalue weighted by atomic mass is 16.5. The van der Waals surface area contributed by atoms with Crippen molar-refractivity contribution in [3.63, 3.8) is 0 Å². The minimum atomic E-state index is -0.420. The van der Waals surface area contributed by atoms with Gasteiger partial charge in [-0.1, -0.05) is 6.92 Å². The third-order valence-corrected chi connectivity index (χ3v) is 6.39. The molecule has 8 heteroatoms. The molecule has 1 atom stereocenters. The number of likely N-dealkylation sites (tertiary alicyclic amines) is 1. The number of aliphatic hydroxyl groups excluding tert-OH is 1. The second-order valence-corrected chi connectivity index (χ2v) is 9.04. The van der Waals surface area contributed by atoms with Crippen LogP contribution in [-0.4, -0.2) is 71.2 Å². The largest absolute Gasteiger partial charge is 0.497 e. The molecule has 2 aromatic rings. The predicted octanol–water partition coefficient (Wildman–Crippen LogP) is 2.52. The van der Waals surface area contributed by atoms with Crippen LogP contribution in [-0.2, 0) is 10.2 Å². The molecule has 0 aliphatic carbocycles. The van der Waals surface area contributed by atoms with Gasteiger partial charge in [-0.15, -0.1) is 0 Å². The topological polar surface area (TPSA) is 97.9 Å². The van der Waals surface area contributed by atoms with Crippen LogP contribution in [0.4, 0.5) is 4.79 Å². The minimum absolute atomic E-state index is 0.0351. The third-order valence-electron chi connectivity index (χ3n) is 6.39. The van der Waals surface area contributed by atoms with Gasteiger partial charge >= 0.3 is 6.03 Å². The summed E-state index contributed by atoms with van der Waals surface area (Å²) < 4.78 is 5.38. The number of hydrogen-bond acceptors (Lipinski definition) is 4. The Labute approximate surface area is 182 Å². The molecule has 4 rings (SSSR count). The van der Waals surface area contributed by atoms with Gasteiger partial charge in [0.1, 0.15) is 5.75 Å². The van der Waals surface area contributed by atoms with Crippen molar-refractivity contribution in [1.29, 1.82) is 0 Å². The standard InChI is InChI=1S/C23H32N4O4/c1-5-6-19(29)27-13-23(11-26(12-23)22(30)24-14(2)3)20-16-8-7-15(31-4)9-17(16)25-21(20)18(27)10-28/h7-9,14,18,25,28H,5-6,10-13H2,1-4H3,(H,24,30)/t18-/m1/s1. The normalized spacial score (nSPS) is 19.5. The van der Waals surface area contributed by atoms with Gasteiger partial charge in [-0.25, -0.2) is 4.79 Å². The van der Waals surface area contributed by atoms with Gasteiger partial charge in [-0.3, -0.25) is 4.79 Å². The number of hydrogen-bond donors (Lipinski definition) is 3. The molecule has 0 saturated carbocycles. The van der Waals surface area contributed by atoms with Gasteiger partial charge in [0.15, 0.2) is 0 Å². The van der Waals surface area contributed by atoms with E-state index in [1.165, 1.54) is 0 Å². The zero-order chi connectivity index (χ0) is 22.3. The molecule has 1 saturated heterocycles. The van der Waals surface area contributed by atoms with Crippen molar-refractivity contribution in [2.75, 3.05) is 33.4 Å². The lowest BCUT2D eigenvalue weighted by molar-refractivity contribution is -0.138. The van der Waals surface area contributed by atoms with Crippen molar-refractivity contribution in [1.82, 2.24) is 20.1 Å². The lowest BCUT2D eigenvalue weighted by Gasteiger charge is -2.56. The molecule has 168 valence electrons. The Balaban J connectivity index is 1.78. The Morgan fingerprint density at radius 2 is 2.06 bits per heavy atom. The number of nitrogens with zero attached hydrogens (tertiary/aromatic N) is 2. The lowest BCUT2D eigenvalue weighted by atomic mass is 9.68. The summed E-state index contributed by atoms with van der Waals surface area (Å²) in [5, 5.41) is 14.2. The molecular weight excluding hydrogens is 396 g/mol. The molecule has 2 aliphatic rings. The second kappa shape index (κ2) is 8.07. The van der Waals surface area contributed by atoms with Crippen LogP contribution in [0.15, 0.2) is 18.2 Å². The summed E-state index contributed by atoms with van der Waals surface area (Å²) in [6, 6.07) is 5.45. The van der Waals surface area contributed by atoms with E-state index in [1.54, 1.807) is 16.9 Å². The number of benzene rings is 1. The first-order valence-electron chi connectivity index (χ1n) is 11.0. The maximum Gasteiger partial charge on any atom is 0.317 e. The van der Waals surface area contributed by atoms with Crippen molar-refractivity contribution in [3.8, 4) is 5.75 Å². The Morgan fingerprint density at radius 3 is 2.68 bits per heavy atom. The Morgan fingerprint density at radius 1 is 1.32 bits per heavy atom. The van der Waals surface area contributed by atoms with Crippen LogP contribution in [0.1, 0.15) is 50.9 Å². The number of carbonyl (C=O) groups excluding carboxylic acids is 2. The monoisotopic (exact) mass is 428 g/mol. The van der Waals surface area contributed by atoms with Gasteiger partial charge in [-0.05, 0) is 38.0 Å². The summed E-state index contributed by atoms with van der Waals surface area (Å²) in [6.45, 7) is 7.27. The number of ether oxygens (including phenoxy) is 1. The van der Waals surface area contributed by atoms with Crippen LogP contribution in [0.25, 0.3) is 10.9 Å². The van der Waals surface area contributed by atoms with Gasteiger partial charge < -0.3 is 29.9 Å². The fraction of sp³-hybridized carbons (Fsp3) is 0.565. The first kappa shape index (κ1) is 21.5. The quantitative estimate of drug-likeness (QED) is 0.682. The van der Waals surface area contributed by atoms with E-state index in [1.807, 2.05) is 39.0 Å². The van der Waals surface area contributed by atoms with Crippen LogP contribution in [0.5, 0.6) is 5.75 Å². The predicted molar refractivity (Wildman–Crippen MR) is 118 cm³/mol. The highest BCUT2D eigenvalue weighted by molar-refractivity contribution is 5.90. The number of urea groups is 1. The molecule has 1 aromatic heterocycles. The van der Waals surface area contributed by atoms with Crippen LogP contribution < -0.4 is 10.1 Å². The molecule has 0 unspecified atom stereocenters. The maximum atomic E-state index is 13.0. The van der Waals surface area contributed by atoms with Gasteiger partial charge in [0.25, 0.3) is 0 Å². The summed E-state index contributed by atoms with van der Waals surface area (Å²) in [5.41, 5.74) is 2.53. The first-order valence-corrected chi connectivity index (χ1v) is 11.0. The molecule has 1 aromatic carbocycles. The second-order valence-electron chi connectivity index (χ2n) is 9.04. The van der Waals surface area contributed by atoms with E-state index in [-0.39, 0.29) is 30.0 Å². The van der Waals surface area contributed by atoms with E-state index in [0.717, 1.165) is 34.3 Å². The molecule has 3 N–H and O–H groups in total. The summed E-state index contributed by atoms with van der Waals surface area (Å²) in [6.07, 6.45) is 1.19. The number of carbonyl (C=O) groups is 2. The van der Waals surface area contributed by atoms with E-state index in [0.29, 0.717) is 26.1 Å². The summed E-state index contributed by atoms with van der Waals surface area (Å²) >= 11 is 0. The Kier molecular flexibility index (Phi) is 5.60. The zero-order valence-electron chi connectivity index (χ0n) is 18.7. The third kappa shape index (κ3) is 3.52. The molecule has 3 heterocycles. The van der Waals surface area contributed by atoms with Gasteiger partial charge in [0, 0.05) is 54.8 Å². The van der Waals surface area contributed by atoms with E-state index in [4.69, 9.17) is 4.74 Å². The molecule has 1 spiro atoms. The van der Waals surface area contributed by atoms with Crippen LogP contribution in [0, 0.1) is 0 Å². The van der Waals surface area contributed by atoms with Crippen molar-refractivity contribution in [2.45, 2.75) is 51.1 Å². The fourth-order valence-corrected chi connectivity index (χ4v) is 5.05. The SMILES string of the molecule is CCCC(=O)N1CC2(CN(C(=O)NC(C)C)C2)c2c([nH]c3cc(OC)ccc23)[C@H]1CO. The molecule has 0 bridgehead atoms. The highest BCUT2D eigenvalue weighted by Gasteiger charge is 2.54. The van der Waals surface area contributed by atoms with Crippen molar-refractivity contribution < 1.29 is 19.4 Å². The molecule has 2 aliphatic heterocycles. The summed E-state index contributed by atoms with van der Waals surface area (Å²) in [7, 11) is 1.63. The number of aromatic amines is 1. The van der Waals surface area contributed by atoms with Gasteiger partial charge in [0.05, 0.1) is 25.2 Å². The van der Waals surface area contributed by atoms with E-state index in [9.17, 15) is 14.7 Å². The first-order chi connectivity index (χ1) is 14.8. The molecule has 0 radical (unpaired) electrons.